The molecule has 0 saturated heterocycles. The first-order valence-corrected chi connectivity index (χ1v) is 13.7. The zero-order valence-electron chi connectivity index (χ0n) is 22.1. The Morgan fingerprint density at radius 2 is 1.88 bits per heavy atom. The van der Waals surface area contributed by atoms with Crippen molar-refractivity contribution in [2.75, 3.05) is 13.7 Å². The van der Waals surface area contributed by atoms with Crippen LogP contribution in [0.2, 0.25) is 0 Å². The third-order valence-electron chi connectivity index (χ3n) is 6.99. The van der Waals surface area contributed by atoms with Crippen molar-refractivity contribution in [3.8, 4) is 11.5 Å². The summed E-state index contributed by atoms with van der Waals surface area (Å²) in [7, 11) is 1.48. The fourth-order valence-corrected chi connectivity index (χ4v) is 6.01. The monoisotopic (exact) mass is 559 g/mol. The van der Waals surface area contributed by atoms with Gasteiger partial charge in [-0.3, -0.25) is 18.7 Å². The van der Waals surface area contributed by atoms with Gasteiger partial charge >= 0.3 is 11.7 Å². The van der Waals surface area contributed by atoms with Crippen molar-refractivity contribution in [2.24, 2.45) is 0 Å². The quantitative estimate of drug-likeness (QED) is 0.231. The molecule has 0 aliphatic rings. The number of methoxy groups -OCH3 is 1. The van der Waals surface area contributed by atoms with E-state index in [4.69, 9.17) is 4.74 Å². The van der Waals surface area contributed by atoms with E-state index in [9.17, 15) is 24.6 Å². The van der Waals surface area contributed by atoms with Crippen molar-refractivity contribution >= 4 is 44.3 Å². The summed E-state index contributed by atoms with van der Waals surface area (Å²) in [5.74, 6) is -0.912. The molecule has 0 unspecified atom stereocenters. The third-order valence-corrected chi connectivity index (χ3v) is 7.98. The highest BCUT2D eigenvalue weighted by Gasteiger charge is 2.18. The number of ether oxygens (including phenoxy) is 1. The molecule has 0 atom stereocenters. The number of carboxylic acid groups (broad SMARTS) is 1. The first kappa shape index (κ1) is 27.0. The third kappa shape index (κ3) is 5.30. The molecule has 206 valence electrons. The number of carboxylic acids is 1. The van der Waals surface area contributed by atoms with Crippen LogP contribution < -0.4 is 15.7 Å². The summed E-state index contributed by atoms with van der Waals surface area (Å²) in [5, 5.41) is 25.3. The Hall–Kier alpha value is -4.57. The Bertz CT molecular complexity index is 1800. The molecule has 10 heteroatoms. The number of aromatic hydroxyl groups is 1. The number of carbonyl (C=O) groups is 2. The fourth-order valence-electron chi connectivity index (χ4n) is 4.98. The van der Waals surface area contributed by atoms with Crippen LogP contribution in [0.25, 0.3) is 21.1 Å². The van der Waals surface area contributed by atoms with Gasteiger partial charge in [-0.1, -0.05) is 18.2 Å². The van der Waals surface area contributed by atoms with Crippen LogP contribution >= 0.6 is 11.3 Å². The second kappa shape index (κ2) is 11.3. The molecule has 0 radical (unpaired) electrons. The van der Waals surface area contributed by atoms with Crippen molar-refractivity contribution < 1.29 is 24.5 Å². The molecule has 3 aromatic carbocycles. The molecular weight excluding hydrogens is 530 g/mol. The number of nitrogens with zero attached hydrogens (tertiary/aromatic N) is 2. The number of aliphatic carboxylic acids is 1. The number of fused-ring (bicyclic) bond motifs is 2. The van der Waals surface area contributed by atoms with Gasteiger partial charge < -0.3 is 20.3 Å². The average molecular weight is 560 g/mol. The van der Waals surface area contributed by atoms with Crippen molar-refractivity contribution in [2.45, 2.75) is 32.9 Å². The molecule has 1 amide bonds. The molecule has 2 heterocycles. The molecule has 5 rings (SSSR count). The lowest BCUT2D eigenvalue weighted by Crippen LogP contribution is -2.26. The van der Waals surface area contributed by atoms with Gasteiger partial charge in [0.05, 0.1) is 31.1 Å². The van der Waals surface area contributed by atoms with E-state index in [0.29, 0.717) is 41.9 Å². The minimum atomic E-state index is -1.01. The molecule has 9 nitrogen and oxygen atoms in total. The molecule has 0 aliphatic heterocycles. The van der Waals surface area contributed by atoms with E-state index in [1.807, 2.05) is 25.1 Å². The number of imidazole rings is 1. The maximum Gasteiger partial charge on any atom is 0.329 e. The molecule has 0 spiro atoms. The smallest absolute Gasteiger partial charge is 0.329 e. The van der Waals surface area contributed by atoms with Crippen LogP contribution in [0.4, 0.5) is 0 Å². The lowest BCUT2D eigenvalue weighted by Gasteiger charge is -2.09. The predicted octanol–water partition coefficient (Wildman–Crippen LogP) is 4.54. The first-order valence-electron chi connectivity index (χ1n) is 12.8. The van der Waals surface area contributed by atoms with Crippen LogP contribution in [0.5, 0.6) is 11.5 Å². The second-order valence-electron chi connectivity index (χ2n) is 9.59. The lowest BCUT2D eigenvalue weighted by molar-refractivity contribution is -0.137. The molecule has 40 heavy (non-hydrogen) atoms. The molecule has 0 fully saturated rings. The van der Waals surface area contributed by atoms with E-state index >= 15 is 0 Å². The van der Waals surface area contributed by atoms with Gasteiger partial charge in [0.2, 0.25) is 0 Å². The summed E-state index contributed by atoms with van der Waals surface area (Å²) in [6, 6.07) is 16.2. The number of phenolic OH excluding ortho intramolecular Hbond substituents is 1. The second-order valence-corrected chi connectivity index (χ2v) is 10.5. The Kier molecular flexibility index (Phi) is 7.61. The van der Waals surface area contributed by atoms with Gasteiger partial charge in [-0.15, -0.1) is 11.3 Å². The minimum absolute atomic E-state index is 0.00683. The molecule has 2 aromatic heterocycles. The largest absolute Gasteiger partial charge is 0.504 e. The van der Waals surface area contributed by atoms with Gasteiger partial charge in [0, 0.05) is 28.7 Å². The van der Waals surface area contributed by atoms with E-state index in [1.165, 1.54) is 11.7 Å². The maximum atomic E-state index is 13.5. The van der Waals surface area contributed by atoms with Crippen LogP contribution in [0, 0.1) is 6.92 Å². The van der Waals surface area contributed by atoms with E-state index < -0.39 is 5.97 Å². The number of hydrogen-bond donors (Lipinski definition) is 3. The number of hydrogen-bond acceptors (Lipinski definition) is 6. The number of rotatable bonds is 10. The van der Waals surface area contributed by atoms with Crippen molar-refractivity contribution in [1.29, 1.82) is 0 Å². The number of nitrogens with one attached hydrogen (secondary N) is 1. The number of thiophene rings is 1. The topological polar surface area (TPSA) is 123 Å². The summed E-state index contributed by atoms with van der Waals surface area (Å²) in [6.07, 6.45) is 0.282. The standard InChI is InChI=1S/C30H29N3O6S/c1-18-4-3-5-26-28(18)21(17-40-26)16-33-22-8-7-20(15-23(22)32(30(33)38)13-11-27(35)36)29(37)31-12-10-19-6-9-25(39-2)24(34)14-19/h3-9,14-15,17,34H,10-13,16H2,1-2H3,(H,31,37)(H,35,36). The van der Waals surface area contributed by atoms with Crippen molar-refractivity contribution in [3.63, 3.8) is 0 Å². The van der Waals surface area contributed by atoms with Crippen LogP contribution in [0.1, 0.15) is 33.5 Å². The van der Waals surface area contributed by atoms with Crippen molar-refractivity contribution in [1.82, 2.24) is 14.5 Å². The molecule has 0 saturated carbocycles. The number of carbonyl (C=O) groups excluding carboxylic acids is 1. The van der Waals surface area contributed by atoms with Gasteiger partial charge in [-0.2, -0.15) is 0 Å². The normalized spacial score (nSPS) is 11.2. The zero-order valence-corrected chi connectivity index (χ0v) is 23.0. The molecule has 0 aliphatic carbocycles. The predicted molar refractivity (Wildman–Crippen MR) is 155 cm³/mol. The van der Waals surface area contributed by atoms with Gasteiger partial charge in [0.15, 0.2) is 11.5 Å². The molecule has 3 N–H and O–H groups in total. The van der Waals surface area contributed by atoms with Gasteiger partial charge in [-0.25, -0.2) is 4.79 Å². The summed E-state index contributed by atoms with van der Waals surface area (Å²) >= 11 is 1.62. The summed E-state index contributed by atoms with van der Waals surface area (Å²) < 4.78 is 9.28. The Morgan fingerprint density at radius 1 is 1.05 bits per heavy atom. The highest BCUT2D eigenvalue weighted by Crippen LogP contribution is 2.30. The SMILES string of the molecule is COc1ccc(CCNC(=O)c2ccc3c(c2)n(CCC(=O)O)c(=O)n3Cc2csc3cccc(C)c23)cc1O. The fraction of sp³-hybridized carbons (Fsp3) is 0.233. The highest BCUT2D eigenvalue weighted by atomic mass is 32.1. The average Bonchev–Trinajstić information content (AvgIpc) is 3.46. The first-order chi connectivity index (χ1) is 19.3. The van der Waals surface area contributed by atoms with Crippen LogP contribution in [0.15, 0.2) is 64.8 Å². The summed E-state index contributed by atoms with van der Waals surface area (Å²) in [6.45, 7) is 2.70. The lowest BCUT2D eigenvalue weighted by atomic mass is 10.1. The van der Waals surface area contributed by atoms with E-state index in [1.54, 1.807) is 46.2 Å². The number of phenols is 1. The number of aromatic nitrogens is 2. The molecule has 0 bridgehead atoms. The highest BCUT2D eigenvalue weighted by molar-refractivity contribution is 7.17. The summed E-state index contributed by atoms with van der Waals surface area (Å²) in [4.78, 5) is 37.9. The minimum Gasteiger partial charge on any atom is -0.504 e. The molecule has 5 aromatic rings. The number of amides is 1. The summed E-state index contributed by atoms with van der Waals surface area (Å²) in [5.41, 5.74) is 4.17. The van der Waals surface area contributed by atoms with Gasteiger partial charge in [0.1, 0.15) is 0 Å². The Labute approximate surface area is 233 Å². The maximum absolute atomic E-state index is 13.5. The Morgan fingerprint density at radius 3 is 2.62 bits per heavy atom. The zero-order chi connectivity index (χ0) is 28.4. The van der Waals surface area contributed by atoms with Crippen LogP contribution in [-0.2, 0) is 24.3 Å². The van der Waals surface area contributed by atoms with E-state index in [-0.39, 0.29) is 30.3 Å². The van der Waals surface area contributed by atoms with Crippen molar-refractivity contribution in [3.05, 3.63) is 92.7 Å². The van der Waals surface area contributed by atoms with E-state index in [2.05, 4.69) is 16.8 Å². The molecular formula is C30H29N3O6S. The van der Waals surface area contributed by atoms with Gasteiger partial charge in [-0.05, 0) is 71.8 Å². The Balaban J connectivity index is 1.42. The number of benzene rings is 3. The van der Waals surface area contributed by atoms with E-state index in [0.717, 1.165) is 26.8 Å². The number of aryl methyl sites for hydroxylation is 2. The van der Waals surface area contributed by atoms with Crippen LogP contribution in [-0.4, -0.2) is 44.9 Å². The van der Waals surface area contributed by atoms with Crippen LogP contribution in [0.3, 0.4) is 0 Å². The van der Waals surface area contributed by atoms with Gasteiger partial charge in [0.25, 0.3) is 5.91 Å².